The second-order valence-corrected chi connectivity index (χ2v) is 6.18. The molecule has 1 aliphatic rings. The van der Waals surface area contributed by atoms with Gasteiger partial charge in [-0.2, -0.15) is 0 Å². The number of Topliss-reactive ketones (excluding diaryl/α,β-unsaturated/α-hetero) is 1. The Morgan fingerprint density at radius 1 is 1.04 bits per heavy atom. The molecule has 0 bridgehead atoms. The maximum Gasteiger partial charge on any atom is 0.223 e. The Morgan fingerprint density at radius 2 is 1.74 bits per heavy atom. The Morgan fingerprint density at radius 3 is 2.39 bits per heavy atom. The largest absolute Gasteiger partial charge is 0.377 e. The summed E-state index contributed by atoms with van der Waals surface area (Å²) in [6.45, 7) is 7.69. The molecule has 2 N–H and O–H groups in total. The van der Waals surface area contributed by atoms with Crippen molar-refractivity contribution in [3.05, 3.63) is 0 Å². The predicted molar refractivity (Wildman–Crippen MR) is 89.3 cm³/mol. The van der Waals surface area contributed by atoms with Gasteiger partial charge in [-0.05, 0) is 51.6 Å². The zero-order chi connectivity index (χ0) is 16.9. The second kappa shape index (κ2) is 12.4. The zero-order valence-corrected chi connectivity index (χ0v) is 14.6. The molecule has 0 saturated heterocycles. The molecule has 1 amide bonds. The lowest BCUT2D eigenvalue weighted by atomic mass is 9.81. The summed E-state index contributed by atoms with van der Waals surface area (Å²) in [6, 6.07) is 0. The summed E-state index contributed by atoms with van der Waals surface area (Å²) in [6.07, 6.45) is 4.24. The number of nitrogens with one attached hydrogen (secondary N) is 2. The molecule has 0 heterocycles. The quantitative estimate of drug-likeness (QED) is 0.525. The van der Waals surface area contributed by atoms with Crippen LogP contribution < -0.4 is 10.6 Å². The summed E-state index contributed by atoms with van der Waals surface area (Å²) in [4.78, 5) is 22.7. The molecule has 1 fully saturated rings. The molecule has 0 aliphatic heterocycles. The number of carbonyl (C=O) groups is 2. The van der Waals surface area contributed by atoms with Crippen LogP contribution in [0.4, 0.5) is 0 Å². The van der Waals surface area contributed by atoms with Crippen molar-refractivity contribution in [1.82, 2.24) is 10.6 Å². The van der Waals surface area contributed by atoms with Crippen LogP contribution in [0.25, 0.3) is 0 Å². The number of rotatable bonds is 12. The summed E-state index contributed by atoms with van der Waals surface area (Å²) in [5.41, 5.74) is 0. The summed E-state index contributed by atoms with van der Waals surface area (Å²) >= 11 is 0. The van der Waals surface area contributed by atoms with Crippen molar-refractivity contribution in [2.75, 3.05) is 46.1 Å². The van der Waals surface area contributed by atoms with Crippen molar-refractivity contribution < 1.29 is 19.1 Å². The fraction of sp³-hybridized carbons (Fsp3) is 0.882. The van der Waals surface area contributed by atoms with Gasteiger partial charge in [0.1, 0.15) is 6.61 Å². The van der Waals surface area contributed by atoms with E-state index in [4.69, 9.17) is 9.47 Å². The van der Waals surface area contributed by atoms with Gasteiger partial charge in [0.2, 0.25) is 5.91 Å². The molecule has 0 spiro atoms. The average Bonchev–Trinajstić information content (AvgIpc) is 2.55. The monoisotopic (exact) mass is 328 g/mol. The van der Waals surface area contributed by atoms with Crippen molar-refractivity contribution in [3.63, 3.8) is 0 Å². The molecule has 6 heteroatoms. The van der Waals surface area contributed by atoms with Crippen molar-refractivity contribution in [2.24, 2.45) is 11.8 Å². The highest BCUT2D eigenvalue weighted by Crippen LogP contribution is 2.28. The van der Waals surface area contributed by atoms with E-state index in [2.05, 4.69) is 17.6 Å². The first-order chi connectivity index (χ1) is 11.1. The number of hydrogen-bond acceptors (Lipinski definition) is 5. The molecule has 1 rings (SSSR count). The lowest BCUT2D eigenvalue weighted by molar-refractivity contribution is -0.126. The van der Waals surface area contributed by atoms with Crippen LogP contribution in [-0.2, 0) is 19.1 Å². The Hall–Kier alpha value is -0.980. The van der Waals surface area contributed by atoms with Gasteiger partial charge in [0.25, 0.3) is 0 Å². The standard InChI is InChI=1S/C17H32N2O4/c1-3-18-12-15-4-6-16(7-5-15)17(21)19-8-9-22-10-11-23-13-14(2)20/h15-16,18H,3-13H2,1-2H3,(H,19,21)/t15-,16-. The van der Waals surface area contributed by atoms with Gasteiger partial charge in [0.15, 0.2) is 5.78 Å². The van der Waals surface area contributed by atoms with Crippen molar-refractivity contribution in [1.29, 1.82) is 0 Å². The lowest BCUT2D eigenvalue weighted by Gasteiger charge is -2.27. The fourth-order valence-electron chi connectivity index (χ4n) is 2.80. The minimum atomic E-state index is 0.0115. The predicted octanol–water partition coefficient (Wildman–Crippen LogP) is 1.14. The molecule has 0 aromatic rings. The van der Waals surface area contributed by atoms with E-state index in [9.17, 15) is 9.59 Å². The van der Waals surface area contributed by atoms with Gasteiger partial charge in [0.05, 0.1) is 19.8 Å². The van der Waals surface area contributed by atoms with E-state index in [1.807, 2.05) is 0 Å². The summed E-state index contributed by atoms with van der Waals surface area (Å²) in [7, 11) is 0. The first-order valence-corrected chi connectivity index (χ1v) is 8.76. The normalized spacial score (nSPS) is 21.1. The molecule has 0 radical (unpaired) electrons. The SMILES string of the molecule is CCNC[C@H]1CC[C@H](C(=O)NCCOCCOCC(C)=O)CC1. The van der Waals surface area contributed by atoms with Crippen LogP contribution in [0.5, 0.6) is 0 Å². The van der Waals surface area contributed by atoms with Gasteiger partial charge in [0, 0.05) is 12.5 Å². The zero-order valence-electron chi connectivity index (χ0n) is 14.6. The van der Waals surface area contributed by atoms with E-state index < -0.39 is 0 Å². The molecule has 1 aliphatic carbocycles. The molecular formula is C17H32N2O4. The summed E-state index contributed by atoms with van der Waals surface area (Å²) in [5.74, 6) is 1.05. The molecule has 0 unspecified atom stereocenters. The van der Waals surface area contributed by atoms with Crippen LogP contribution in [0.3, 0.4) is 0 Å². The Bertz CT molecular complexity index is 341. The minimum absolute atomic E-state index is 0.0115. The molecule has 0 aromatic heterocycles. The van der Waals surface area contributed by atoms with Gasteiger partial charge >= 0.3 is 0 Å². The molecule has 1 saturated carbocycles. The number of amides is 1. The molecule has 0 atom stereocenters. The molecule has 6 nitrogen and oxygen atoms in total. The van der Waals surface area contributed by atoms with E-state index >= 15 is 0 Å². The van der Waals surface area contributed by atoms with Gasteiger partial charge in [-0.1, -0.05) is 6.92 Å². The van der Waals surface area contributed by atoms with Crippen molar-refractivity contribution >= 4 is 11.7 Å². The second-order valence-electron chi connectivity index (χ2n) is 6.18. The number of ether oxygens (including phenoxy) is 2. The van der Waals surface area contributed by atoms with E-state index in [0.717, 1.165) is 44.7 Å². The fourth-order valence-corrected chi connectivity index (χ4v) is 2.80. The average molecular weight is 328 g/mol. The summed E-state index contributed by atoms with van der Waals surface area (Å²) < 4.78 is 10.4. The van der Waals surface area contributed by atoms with Gasteiger partial charge in [-0.3, -0.25) is 9.59 Å². The van der Waals surface area contributed by atoms with E-state index in [1.54, 1.807) is 0 Å². The maximum absolute atomic E-state index is 12.1. The van der Waals surface area contributed by atoms with Crippen LogP contribution in [0.15, 0.2) is 0 Å². The lowest BCUT2D eigenvalue weighted by Crippen LogP contribution is -2.36. The van der Waals surface area contributed by atoms with E-state index in [1.165, 1.54) is 6.92 Å². The third-order valence-corrected chi connectivity index (χ3v) is 4.12. The van der Waals surface area contributed by atoms with Crippen molar-refractivity contribution in [3.8, 4) is 0 Å². The number of ketones is 1. The third-order valence-electron chi connectivity index (χ3n) is 4.12. The van der Waals surface area contributed by atoms with E-state index in [0.29, 0.717) is 26.4 Å². The maximum atomic E-state index is 12.1. The van der Waals surface area contributed by atoms with Crippen LogP contribution in [0.2, 0.25) is 0 Å². The van der Waals surface area contributed by atoms with Gasteiger partial charge in [-0.25, -0.2) is 0 Å². The van der Waals surface area contributed by atoms with Crippen molar-refractivity contribution in [2.45, 2.75) is 39.5 Å². The topological polar surface area (TPSA) is 76.7 Å². The van der Waals surface area contributed by atoms with E-state index in [-0.39, 0.29) is 24.2 Å². The molecule has 0 aromatic carbocycles. The van der Waals surface area contributed by atoms with Gasteiger partial charge in [-0.15, -0.1) is 0 Å². The first-order valence-electron chi connectivity index (χ1n) is 8.76. The molecular weight excluding hydrogens is 296 g/mol. The smallest absolute Gasteiger partial charge is 0.223 e. The molecule has 134 valence electrons. The number of hydrogen-bond donors (Lipinski definition) is 2. The highest BCUT2D eigenvalue weighted by molar-refractivity contribution is 5.78. The highest BCUT2D eigenvalue weighted by Gasteiger charge is 2.25. The highest BCUT2D eigenvalue weighted by atomic mass is 16.5. The van der Waals surface area contributed by atoms with Crippen LogP contribution in [0, 0.1) is 11.8 Å². The summed E-state index contributed by atoms with van der Waals surface area (Å²) in [5, 5.41) is 6.33. The molecule has 23 heavy (non-hydrogen) atoms. The third kappa shape index (κ3) is 9.69. The number of carbonyl (C=O) groups excluding carboxylic acids is 2. The first kappa shape index (κ1) is 20.1. The van der Waals surface area contributed by atoms with Crippen LogP contribution >= 0.6 is 0 Å². The minimum Gasteiger partial charge on any atom is -0.377 e. The Kier molecular flexibility index (Phi) is 10.9. The van der Waals surface area contributed by atoms with Crippen LogP contribution in [0.1, 0.15) is 39.5 Å². The van der Waals surface area contributed by atoms with Gasteiger partial charge < -0.3 is 20.1 Å². The Balaban J connectivity index is 1.97. The Labute approximate surface area is 139 Å². The van der Waals surface area contributed by atoms with Crippen LogP contribution in [-0.4, -0.2) is 57.8 Å².